The van der Waals surface area contributed by atoms with Crippen LogP contribution in [0.2, 0.25) is 0 Å². The number of fused-ring (bicyclic) bond motifs is 1. The topological polar surface area (TPSA) is 112 Å². The van der Waals surface area contributed by atoms with Crippen LogP contribution in [0.15, 0.2) is 42.6 Å². The highest BCUT2D eigenvalue weighted by molar-refractivity contribution is 5.85. The van der Waals surface area contributed by atoms with Gasteiger partial charge < -0.3 is 25.5 Å². The van der Waals surface area contributed by atoms with Gasteiger partial charge in [-0.05, 0) is 49.2 Å². The summed E-state index contributed by atoms with van der Waals surface area (Å²) in [6, 6.07) is 12.1. The summed E-state index contributed by atoms with van der Waals surface area (Å²) < 4.78 is 0. The predicted molar refractivity (Wildman–Crippen MR) is 132 cm³/mol. The van der Waals surface area contributed by atoms with Gasteiger partial charge in [-0.3, -0.25) is 0 Å². The second-order valence-electron chi connectivity index (χ2n) is 9.13. The van der Waals surface area contributed by atoms with Crippen molar-refractivity contribution in [1.82, 2.24) is 19.9 Å². The number of carboxylic acids is 1. The van der Waals surface area contributed by atoms with E-state index in [0.717, 1.165) is 55.4 Å². The lowest BCUT2D eigenvalue weighted by Gasteiger charge is -2.37. The fourth-order valence-electron chi connectivity index (χ4n) is 4.70. The largest absolute Gasteiger partial charge is 0.477 e. The minimum absolute atomic E-state index is 0.0409. The Hall–Kier alpha value is -3.72. The summed E-state index contributed by atoms with van der Waals surface area (Å²) in [5.74, 6) is 0.994. The van der Waals surface area contributed by atoms with Gasteiger partial charge in [-0.1, -0.05) is 18.2 Å². The minimum atomic E-state index is -1.03. The maximum absolute atomic E-state index is 11.1. The van der Waals surface area contributed by atoms with Gasteiger partial charge in [-0.25, -0.2) is 9.78 Å². The molecule has 4 heterocycles. The fourth-order valence-corrected chi connectivity index (χ4v) is 4.70. The number of likely N-dealkylation sites (N-methyl/N-ethyl adjacent to an activating group) is 1. The lowest BCUT2D eigenvalue weighted by Crippen LogP contribution is -2.45. The first-order valence-corrected chi connectivity index (χ1v) is 11.5. The molecule has 0 aliphatic carbocycles. The molecular weight excluding hydrogens is 430 g/mol. The van der Waals surface area contributed by atoms with Gasteiger partial charge in [0.1, 0.15) is 17.3 Å². The average molecular weight is 460 g/mol. The number of nitrogen functional groups attached to an aromatic ring is 1. The van der Waals surface area contributed by atoms with Crippen molar-refractivity contribution in [3.8, 4) is 11.1 Å². The molecule has 9 heteroatoms. The lowest BCUT2D eigenvalue weighted by atomic mass is 9.92. The Morgan fingerprint density at radius 1 is 1.00 bits per heavy atom. The van der Waals surface area contributed by atoms with Crippen LogP contribution in [-0.4, -0.2) is 70.2 Å². The second-order valence-corrected chi connectivity index (χ2v) is 9.13. The minimum Gasteiger partial charge on any atom is -0.477 e. The zero-order chi connectivity index (χ0) is 23.8. The van der Waals surface area contributed by atoms with E-state index >= 15 is 0 Å². The molecule has 0 bridgehead atoms. The van der Waals surface area contributed by atoms with Crippen molar-refractivity contribution in [3.63, 3.8) is 0 Å². The summed E-state index contributed by atoms with van der Waals surface area (Å²) in [6.45, 7) is 6.75. The summed E-state index contributed by atoms with van der Waals surface area (Å²) in [5.41, 5.74) is 10.6. The first-order valence-electron chi connectivity index (χ1n) is 11.5. The van der Waals surface area contributed by atoms with Crippen LogP contribution in [0.4, 0.5) is 17.6 Å². The molecule has 3 aromatic rings. The number of pyridine rings is 1. The second kappa shape index (κ2) is 8.90. The van der Waals surface area contributed by atoms with Crippen molar-refractivity contribution in [3.05, 3.63) is 59.4 Å². The van der Waals surface area contributed by atoms with Gasteiger partial charge >= 0.3 is 5.97 Å². The van der Waals surface area contributed by atoms with Crippen molar-refractivity contribution in [2.24, 2.45) is 0 Å². The molecular formula is C25H29N7O2. The number of anilines is 3. The smallest absolute Gasteiger partial charge is 0.354 e. The normalized spacial score (nSPS) is 18.6. The zero-order valence-corrected chi connectivity index (χ0v) is 19.5. The quantitative estimate of drug-likeness (QED) is 0.608. The molecule has 0 spiro atoms. The molecule has 0 saturated carbocycles. The van der Waals surface area contributed by atoms with Crippen LogP contribution in [0.25, 0.3) is 11.1 Å². The third-order valence-electron chi connectivity index (χ3n) is 6.75. The Balaban J connectivity index is 1.42. The molecule has 1 aromatic carbocycles. The van der Waals surface area contributed by atoms with Gasteiger partial charge in [-0.15, -0.1) is 0 Å². The number of carbonyl (C=O) groups is 1. The molecule has 2 aromatic heterocycles. The van der Waals surface area contributed by atoms with Gasteiger partial charge in [0.2, 0.25) is 5.95 Å². The number of piperazine rings is 1. The maximum Gasteiger partial charge on any atom is 0.354 e. The monoisotopic (exact) mass is 459 g/mol. The highest BCUT2D eigenvalue weighted by Gasteiger charge is 2.26. The van der Waals surface area contributed by atoms with Crippen LogP contribution in [0.1, 0.15) is 28.5 Å². The fraction of sp³-hybridized carbons (Fsp3) is 0.360. The van der Waals surface area contributed by atoms with Gasteiger partial charge in [-0.2, -0.15) is 9.97 Å². The lowest BCUT2D eigenvalue weighted by molar-refractivity contribution is 0.0690. The van der Waals surface area contributed by atoms with Crippen molar-refractivity contribution in [1.29, 1.82) is 0 Å². The molecule has 3 N–H and O–H groups in total. The number of carboxylic acid groups (broad SMARTS) is 1. The molecule has 2 aliphatic rings. The van der Waals surface area contributed by atoms with E-state index in [-0.39, 0.29) is 11.7 Å². The van der Waals surface area contributed by atoms with Gasteiger partial charge in [0.25, 0.3) is 0 Å². The summed E-state index contributed by atoms with van der Waals surface area (Å²) in [7, 11) is 2.13. The van der Waals surface area contributed by atoms with E-state index in [0.29, 0.717) is 12.5 Å². The van der Waals surface area contributed by atoms with E-state index in [2.05, 4.69) is 67.9 Å². The highest BCUT2D eigenvalue weighted by Crippen LogP contribution is 2.32. The molecule has 1 atom stereocenters. The van der Waals surface area contributed by atoms with Crippen LogP contribution in [0, 0.1) is 0 Å². The number of nitrogens with two attached hydrogens (primary N) is 1. The van der Waals surface area contributed by atoms with E-state index in [9.17, 15) is 4.79 Å². The maximum atomic E-state index is 11.1. The number of benzene rings is 1. The van der Waals surface area contributed by atoms with E-state index in [1.807, 2.05) is 0 Å². The van der Waals surface area contributed by atoms with E-state index in [4.69, 9.17) is 10.8 Å². The molecule has 5 rings (SSSR count). The third kappa shape index (κ3) is 4.38. The van der Waals surface area contributed by atoms with E-state index in [1.54, 1.807) is 12.3 Å². The van der Waals surface area contributed by atoms with Crippen molar-refractivity contribution < 1.29 is 9.90 Å². The first-order chi connectivity index (χ1) is 16.4. The molecule has 2 aliphatic heterocycles. The molecule has 1 unspecified atom stereocenters. The summed E-state index contributed by atoms with van der Waals surface area (Å²) in [5, 5.41) is 9.11. The summed E-state index contributed by atoms with van der Waals surface area (Å²) in [4.78, 5) is 31.2. The first kappa shape index (κ1) is 22.1. The Kier molecular flexibility index (Phi) is 5.79. The molecule has 0 radical (unpaired) electrons. The molecule has 1 fully saturated rings. The summed E-state index contributed by atoms with van der Waals surface area (Å²) in [6.07, 6.45) is 2.52. The van der Waals surface area contributed by atoms with Crippen LogP contribution in [0.5, 0.6) is 0 Å². The van der Waals surface area contributed by atoms with Gasteiger partial charge in [0.15, 0.2) is 0 Å². The van der Waals surface area contributed by atoms with Crippen LogP contribution in [0.3, 0.4) is 0 Å². The molecule has 1 saturated heterocycles. The van der Waals surface area contributed by atoms with Crippen molar-refractivity contribution in [2.75, 3.05) is 48.8 Å². The van der Waals surface area contributed by atoms with E-state index in [1.165, 1.54) is 17.2 Å². The Morgan fingerprint density at radius 2 is 1.74 bits per heavy atom. The van der Waals surface area contributed by atoms with E-state index < -0.39 is 5.97 Å². The number of aromatic nitrogens is 3. The number of hydrogen-bond acceptors (Lipinski definition) is 8. The van der Waals surface area contributed by atoms with Crippen molar-refractivity contribution >= 4 is 23.6 Å². The standard InChI is InChI=1S/C25H29N7O2/c1-16-11-17-3-4-18(19-5-6-21(24(33)34)27-14-19)12-20(17)15-32(16)23-13-22(28-25(26)29-23)31-9-7-30(2)8-10-31/h3-6,12-14,16H,7-11,15H2,1-2H3,(H,33,34)(H2,26,28,29). The predicted octanol–water partition coefficient (Wildman–Crippen LogP) is 2.52. The Labute approximate surface area is 198 Å². The van der Waals surface area contributed by atoms with Crippen LogP contribution in [-0.2, 0) is 13.0 Å². The van der Waals surface area contributed by atoms with Crippen LogP contribution < -0.4 is 15.5 Å². The molecule has 176 valence electrons. The summed E-state index contributed by atoms with van der Waals surface area (Å²) >= 11 is 0. The number of aromatic carboxylic acids is 1. The Bertz CT molecular complexity index is 1210. The average Bonchev–Trinajstić information content (AvgIpc) is 2.83. The third-order valence-corrected chi connectivity index (χ3v) is 6.75. The molecule has 9 nitrogen and oxygen atoms in total. The van der Waals surface area contributed by atoms with Crippen LogP contribution >= 0.6 is 0 Å². The SMILES string of the molecule is CC1Cc2ccc(-c3ccc(C(=O)O)nc3)cc2CN1c1cc(N2CCN(C)CC2)nc(N)n1. The Morgan fingerprint density at radius 3 is 2.44 bits per heavy atom. The molecule has 0 amide bonds. The van der Waals surface area contributed by atoms with Crippen molar-refractivity contribution in [2.45, 2.75) is 25.9 Å². The number of rotatable bonds is 4. The number of hydrogen-bond donors (Lipinski definition) is 2. The zero-order valence-electron chi connectivity index (χ0n) is 19.5. The van der Waals surface area contributed by atoms with Gasteiger partial charge in [0.05, 0.1) is 0 Å². The van der Waals surface area contributed by atoms with Gasteiger partial charge in [0, 0.05) is 56.6 Å². The molecule has 34 heavy (non-hydrogen) atoms. The highest BCUT2D eigenvalue weighted by atomic mass is 16.4. The number of nitrogens with zero attached hydrogens (tertiary/aromatic N) is 6.